The van der Waals surface area contributed by atoms with Crippen LogP contribution in [0.1, 0.15) is 30.8 Å². The summed E-state index contributed by atoms with van der Waals surface area (Å²) in [5.41, 5.74) is 2.66. The first-order valence-corrected chi connectivity index (χ1v) is 6.28. The van der Waals surface area contributed by atoms with Crippen LogP contribution in [-0.2, 0) is 19.5 Å². The molecule has 0 aliphatic rings. The highest BCUT2D eigenvalue weighted by Gasteiger charge is 2.00. The molecule has 0 unspecified atom stereocenters. The smallest absolute Gasteiger partial charge is 0.213 e. The number of aromatic nitrogens is 2. The van der Waals surface area contributed by atoms with Gasteiger partial charge in [-0.3, -0.25) is 0 Å². The molecular formula is C14H19N3O. The Morgan fingerprint density at radius 2 is 1.83 bits per heavy atom. The van der Waals surface area contributed by atoms with E-state index in [1.807, 2.05) is 0 Å². The van der Waals surface area contributed by atoms with Gasteiger partial charge in [0.2, 0.25) is 6.39 Å². The van der Waals surface area contributed by atoms with Crippen molar-refractivity contribution in [3.8, 4) is 0 Å². The first-order chi connectivity index (χ1) is 8.74. The lowest BCUT2D eigenvalue weighted by Crippen LogP contribution is -2.13. The maximum Gasteiger partial charge on any atom is 0.213 e. The molecule has 0 saturated heterocycles. The van der Waals surface area contributed by atoms with E-state index in [0.29, 0.717) is 18.3 Å². The van der Waals surface area contributed by atoms with E-state index in [1.165, 1.54) is 17.5 Å². The SMILES string of the molecule is CC(C)Cc1ccc(CNCc2ncon2)cc1. The van der Waals surface area contributed by atoms with Crippen molar-refractivity contribution in [3.05, 3.63) is 47.6 Å². The van der Waals surface area contributed by atoms with Crippen molar-refractivity contribution in [1.82, 2.24) is 15.5 Å². The van der Waals surface area contributed by atoms with Gasteiger partial charge >= 0.3 is 0 Å². The quantitative estimate of drug-likeness (QED) is 0.849. The molecule has 1 aromatic carbocycles. The molecule has 0 aliphatic carbocycles. The largest absolute Gasteiger partial charge is 0.343 e. The summed E-state index contributed by atoms with van der Waals surface area (Å²) in [4.78, 5) is 3.95. The molecule has 0 radical (unpaired) electrons. The number of hydrogen-bond donors (Lipinski definition) is 1. The maximum absolute atomic E-state index is 4.67. The van der Waals surface area contributed by atoms with Gasteiger partial charge in [0.05, 0.1) is 6.54 Å². The average molecular weight is 245 g/mol. The first-order valence-electron chi connectivity index (χ1n) is 6.28. The number of nitrogens with one attached hydrogen (secondary N) is 1. The van der Waals surface area contributed by atoms with Crippen LogP contribution < -0.4 is 5.32 Å². The van der Waals surface area contributed by atoms with Gasteiger partial charge in [0.15, 0.2) is 5.82 Å². The van der Waals surface area contributed by atoms with E-state index in [-0.39, 0.29) is 0 Å². The Bertz CT molecular complexity index is 448. The van der Waals surface area contributed by atoms with Gasteiger partial charge in [0, 0.05) is 6.54 Å². The van der Waals surface area contributed by atoms with Gasteiger partial charge < -0.3 is 9.84 Å². The third-order valence-electron chi connectivity index (χ3n) is 2.69. The van der Waals surface area contributed by atoms with E-state index in [1.54, 1.807) is 0 Å². The highest BCUT2D eigenvalue weighted by atomic mass is 16.5. The van der Waals surface area contributed by atoms with Gasteiger partial charge in [-0.05, 0) is 23.5 Å². The monoisotopic (exact) mass is 245 g/mol. The molecule has 2 aromatic rings. The molecule has 0 spiro atoms. The highest BCUT2D eigenvalue weighted by Crippen LogP contribution is 2.09. The fourth-order valence-corrected chi connectivity index (χ4v) is 1.85. The zero-order chi connectivity index (χ0) is 12.8. The number of rotatable bonds is 6. The van der Waals surface area contributed by atoms with Crippen LogP contribution in [-0.4, -0.2) is 10.1 Å². The van der Waals surface area contributed by atoms with Crippen LogP contribution in [0, 0.1) is 5.92 Å². The zero-order valence-electron chi connectivity index (χ0n) is 10.9. The Hall–Kier alpha value is -1.68. The number of hydrogen-bond acceptors (Lipinski definition) is 4. The fraction of sp³-hybridized carbons (Fsp3) is 0.429. The molecule has 1 heterocycles. The van der Waals surface area contributed by atoms with Gasteiger partial charge in [-0.15, -0.1) is 0 Å². The zero-order valence-corrected chi connectivity index (χ0v) is 10.9. The average Bonchev–Trinajstić information content (AvgIpc) is 2.84. The van der Waals surface area contributed by atoms with Crippen LogP contribution in [0.25, 0.3) is 0 Å². The molecule has 0 aliphatic heterocycles. The second-order valence-electron chi connectivity index (χ2n) is 4.87. The molecule has 1 N–H and O–H groups in total. The Morgan fingerprint density at radius 1 is 1.11 bits per heavy atom. The Morgan fingerprint density at radius 3 is 2.44 bits per heavy atom. The van der Waals surface area contributed by atoms with E-state index in [9.17, 15) is 0 Å². The Balaban J connectivity index is 1.79. The first kappa shape index (κ1) is 12.8. The summed E-state index contributed by atoms with van der Waals surface area (Å²) in [5, 5.41) is 7.02. The van der Waals surface area contributed by atoms with Gasteiger partial charge in [-0.25, -0.2) is 0 Å². The van der Waals surface area contributed by atoms with Crippen LogP contribution >= 0.6 is 0 Å². The topological polar surface area (TPSA) is 51.0 Å². The summed E-state index contributed by atoms with van der Waals surface area (Å²) in [6, 6.07) is 8.73. The highest BCUT2D eigenvalue weighted by molar-refractivity contribution is 5.22. The molecular weight excluding hydrogens is 226 g/mol. The summed E-state index contributed by atoms with van der Waals surface area (Å²) >= 11 is 0. The summed E-state index contributed by atoms with van der Waals surface area (Å²) in [6.45, 7) is 5.92. The summed E-state index contributed by atoms with van der Waals surface area (Å²) < 4.78 is 4.67. The standard InChI is InChI=1S/C14H19N3O/c1-11(2)7-12-3-5-13(6-4-12)8-15-9-14-16-10-18-17-14/h3-6,10-11,15H,7-9H2,1-2H3. The van der Waals surface area contributed by atoms with Crippen molar-refractivity contribution in [2.45, 2.75) is 33.4 Å². The fourth-order valence-electron chi connectivity index (χ4n) is 1.85. The summed E-state index contributed by atoms with van der Waals surface area (Å²) in [6.07, 6.45) is 2.48. The lowest BCUT2D eigenvalue weighted by molar-refractivity contribution is 0.407. The third kappa shape index (κ3) is 3.96. The van der Waals surface area contributed by atoms with Crippen molar-refractivity contribution in [1.29, 1.82) is 0 Å². The van der Waals surface area contributed by atoms with Crippen molar-refractivity contribution in [2.24, 2.45) is 5.92 Å². The third-order valence-corrected chi connectivity index (χ3v) is 2.69. The number of nitrogens with zero attached hydrogens (tertiary/aromatic N) is 2. The second-order valence-corrected chi connectivity index (χ2v) is 4.87. The molecule has 0 saturated carbocycles. The van der Waals surface area contributed by atoms with Crippen LogP contribution in [0.5, 0.6) is 0 Å². The van der Waals surface area contributed by atoms with E-state index < -0.39 is 0 Å². The van der Waals surface area contributed by atoms with Crippen molar-refractivity contribution >= 4 is 0 Å². The molecule has 1 aromatic heterocycles. The Labute approximate surface area is 107 Å². The van der Waals surface area contributed by atoms with Crippen molar-refractivity contribution < 1.29 is 4.52 Å². The number of benzene rings is 1. The van der Waals surface area contributed by atoms with E-state index in [0.717, 1.165) is 13.0 Å². The molecule has 0 amide bonds. The van der Waals surface area contributed by atoms with Gasteiger partial charge in [0.25, 0.3) is 0 Å². The molecule has 0 bridgehead atoms. The maximum atomic E-state index is 4.67. The minimum atomic E-state index is 0.629. The van der Waals surface area contributed by atoms with Gasteiger partial charge in [-0.1, -0.05) is 43.3 Å². The molecule has 0 fully saturated rings. The molecule has 18 heavy (non-hydrogen) atoms. The molecule has 0 atom stereocenters. The van der Waals surface area contributed by atoms with E-state index in [4.69, 9.17) is 0 Å². The second kappa shape index (κ2) is 6.31. The minimum Gasteiger partial charge on any atom is -0.343 e. The van der Waals surface area contributed by atoms with Crippen molar-refractivity contribution in [3.63, 3.8) is 0 Å². The van der Waals surface area contributed by atoms with Crippen LogP contribution in [0.15, 0.2) is 35.2 Å². The summed E-state index contributed by atoms with van der Waals surface area (Å²) in [7, 11) is 0. The molecule has 2 rings (SSSR count). The van der Waals surface area contributed by atoms with Crippen LogP contribution in [0.4, 0.5) is 0 Å². The lowest BCUT2D eigenvalue weighted by Gasteiger charge is -2.07. The lowest BCUT2D eigenvalue weighted by atomic mass is 10.0. The molecule has 4 heteroatoms. The van der Waals surface area contributed by atoms with E-state index >= 15 is 0 Å². The molecule has 96 valence electrons. The predicted octanol–water partition coefficient (Wildman–Crippen LogP) is 2.56. The van der Waals surface area contributed by atoms with Crippen LogP contribution in [0.2, 0.25) is 0 Å². The van der Waals surface area contributed by atoms with Crippen LogP contribution in [0.3, 0.4) is 0 Å². The van der Waals surface area contributed by atoms with Crippen molar-refractivity contribution in [2.75, 3.05) is 0 Å². The van der Waals surface area contributed by atoms with E-state index in [2.05, 4.69) is 58.1 Å². The minimum absolute atomic E-state index is 0.629. The summed E-state index contributed by atoms with van der Waals surface area (Å²) in [5.74, 6) is 1.39. The molecule has 4 nitrogen and oxygen atoms in total. The Kier molecular flexibility index (Phi) is 4.47. The van der Waals surface area contributed by atoms with Gasteiger partial charge in [-0.2, -0.15) is 4.98 Å². The normalized spacial score (nSPS) is 11.1. The van der Waals surface area contributed by atoms with Gasteiger partial charge in [0.1, 0.15) is 0 Å². The predicted molar refractivity (Wildman–Crippen MR) is 69.8 cm³/mol.